The molecule has 2 rings (SSSR count). The summed E-state index contributed by atoms with van der Waals surface area (Å²) < 4.78 is 5.58. The highest BCUT2D eigenvalue weighted by Gasteiger charge is 2.16. The zero-order valence-corrected chi connectivity index (χ0v) is 14.4. The lowest BCUT2D eigenvalue weighted by atomic mass is 10.3. The van der Waals surface area contributed by atoms with E-state index < -0.39 is 6.10 Å². The Morgan fingerprint density at radius 3 is 2.68 bits per heavy atom. The molecule has 0 bridgehead atoms. The standard InChI is InChI=1S/C16H15Cl2NO2S/c1-10(21-15-7-6-11(17)8-14(15)18)16(20)19-12-4-3-5-13(9-12)22-2/h3-10H,1-2H3,(H,19,20). The molecule has 1 N–H and O–H groups in total. The maximum atomic E-state index is 12.2. The molecule has 0 radical (unpaired) electrons. The van der Waals surface area contributed by atoms with Gasteiger partial charge in [-0.3, -0.25) is 4.79 Å². The second-order valence-corrected chi connectivity index (χ2v) is 6.28. The number of anilines is 1. The van der Waals surface area contributed by atoms with Crippen LogP contribution in [0.25, 0.3) is 0 Å². The van der Waals surface area contributed by atoms with Gasteiger partial charge in [-0.05, 0) is 49.6 Å². The molecule has 6 heteroatoms. The number of carbonyl (C=O) groups excluding carboxylic acids is 1. The first-order valence-electron chi connectivity index (χ1n) is 6.56. The first-order chi connectivity index (χ1) is 10.5. The van der Waals surface area contributed by atoms with Crippen molar-refractivity contribution in [2.45, 2.75) is 17.9 Å². The summed E-state index contributed by atoms with van der Waals surface area (Å²) >= 11 is 13.5. The molecule has 0 aliphatic heterocycles. The molecule has 3 nitrogen and oxygen atoms in total. The predicted octanol–water partition coefficient (Wildman–Crippen LogP) is 5.12. The van der Waals surface area contributed by atoms with Crippen molar-refractivity contribution in [2.24, 2.45) is 0 Å². The molecule has 22 heavy (non-hydrogen) atoms. The van der Waals surface area contributed by atoms with E-state index in [9.17, 15) is 4.79 Å². The summed E-state index contributed by atoms with van der Waals surface area (Å²) in [6.45, 7) is 1.67. The van der Waals surface area contributed by atoms with Crippen molar-refractivity contribution in [3.8, 4) is 5.75 Å². The molecule has 1 amide bonds. The average Bonchev–Trinajstić information content (AvgIpc) is 2.50. The normalized spacial score (nSPS) is 11.8. The van der Waals surface area contributed by atoms with Gasteiger partial charge in [0.05, 0.1) is 5.02 Å². The third-order valence-electron chi connectivity index (χ3n) is 2.90. The number of carbonyl (C=O) groups is 1. The molecule has 116 valence electrons. The largest absolute Gasteiger partial charge is 0.479 e. The highest BCUT2D eigenvalue weighted by Crippen LogP contribution is 2.28. The van der Waals surface area contributed by atoms with Crippen LogP contribution in [0.15, 0.2) is 47.4 Å². The number of amides is 1. The van der Waals surface area contributed by atoms with Gasteiger partial charge >= 0.3 is 0 Å². The number of rotatable bonds is 5. The van der Waals surface area contributed by atoms with Crippen LogP contribution in [-0.4, -0.2) is 18.3 Å². The van der Waals surface area contributed by atoms with E-state index >= 15 is 0 Å². The Kier molecular flexibility index (Phi) is 6.00. The molecule has 0 aliphatic rings. The average molecular weight is 356 g/mol. The lowest BCUT2D eigenvalue weighted by Gasteiger charge is -2.16. The van der Waals surface area contributed by atoms with Crippen LogP contribution < -0.4 is 10.1 Å². The Bertz CT molecular complexity index is 679. The summed E-state index contributed by atoms with van der Waals surface area (Å²) in [6, 6.07) is 12.5. The summed E-state index contributed by atoms with van der Waals surface area (Å²) in [5, 5.41) is 3.71. The molecule has 2 aromatic carbocycles. The Morgan fingerprint density at radius 1 is 1.23 bits per heavy atom. The van der Waals surface area contributed by atoms with Crippen molar-refractivity contribution in [3.63, 3.8) is 0 Å². The third kappa shape index (κ3) is 4.57. The van der Waals surface area contributed by atoms with E-state index in [1.807, 2.05) is 30.5 Å². The van der Waals surface area contributed by atoms with Gasteiger partial charge in [0.15, 0.2) is 6.10 Å². The lowest BCUT2D eigenvalue weighted by molar-refractivity contribution is -0.122. The number of benzene rings is 2. The Labute approximate surface area is 144 Å². The van der Waals surface area contributed by atoms with Gasteiger partial charge in [-0.25, -0.2) is 0 Å². The highest BCUT2D eigenvalue weighted by atomic mass is 35.5. The second kappa shape index (κ2) is 7.77. The minimum atomic E-state index is -0.684. The molecule has 0 saturated heterocycles. The van der Waals surface area contributed by atoms with E-state index in [0.717, 1.165) is 10.6 Å². The van der Waals surface area contributed by atoms with Crippen LogP contribution in [0.5, 0.6) is 5.75 Å². The Hall–Kier alpha value is -1.36. The van der Waals surface area contributed by atoms with Crippen LogP contribution in [0.1, 0.15) is 6.92 Å². The van der Waals surface area contributed by atoms with Gasteiger partial charge in [0.2, 0.25) is 0 Å². The van der Waals surface area contributed by atoms with Crippen molar-refractivity contribution in [1.82, 2.24) is 0 Å². The molecular formula is C16H15Cl2NO2S. The lowest BCUT2D eigenvalue weighted by Crippen LogP contribution is -2.30. The molecule has 0 heterocycles. The Balaban J connectivity index is 2.02. The van der Waals surface area contributed by atoms with Crippen molar-refractivity contribution < 1.29 is 9.53 Å². The van der Waals surface area contributed by atoms with E-state index in [1.165, 1.54) is 0 Å². The van der Waals surface area contributed by atoms with Gasteiger partial charge in [-0.1, -0.05) is 29.3 Å². The SMILES string of the molecule is CSc1cccc(NC(=O)C(C)Oc2ccc(Cl)cc2Cl)c1. The van der Waals surface area contributed by atoms with Crippen molar-refractivity contribution >= 4 is 46.6 Å². The smallest absolute Gasteiger partial charge is 0.265 e. The fraction of sp³-hybridized carbons (Fsp3) is 0.188. The maximum Gasteiger partial charge on any atom is 0.265 e. The van der Waals surface area contributed by atoms with Crippen molar-refractivity contribution in [2.75, 3.05) is 11.6 Å². The fourth-order valence-electron chi connectivity index (χ4n) is 1.76. The summed E-state index contributed by atoms with van der Waals surface area (Å²) in [5.41, 5.74) is 0.731. The Morgan fingerprint density at radius 2 is 2.00 bits per heavy atom. The van der Waals surface area contributed by atoms with Crippen LogP contribution in [0, 0.1) is 0 Å². The van der Waals surface area contributed by atoms with E-state index in [0.29, 0.717) is 15.8 Å². The zero-order chi connectivity index (χ0) is 16.1. The quantitative estimate of drug-likeness (QED) is 0.756. The second-order valence-electron chi connectivity index (χ2n) is 4.56. The van der Waals surface area contributed by atoms with Gasteiger partial charge in [0.25, 0.3) is 5.91 Å². The van der Waals surface area contributed by atoms with Gasteiger partial charge in [-0.2, -0.15) is 0 Å². The van der Waals surface area contributed by atoms with Crippen LogP contribution in [0.2, 0.25) is 10.0 Å². The molecule has 0 saturated carbocycles. The minimum absolute atomic E-state index is 0.246. The number of hydrogen-bond donors (Lipinski definition) is 1. The molecule has 2 aromatic rings. The van der Waals surface area contributed by atoms with Gasteiger partial charge in [0, 0.05) is 15.6 Å². The molecule has 0 aliphatic carbocycles. The topological polar surface area (TPSA) is 38.3 Å². The summed E-state index contributed by atoms with van der Waals surface area (Å²) in [5.74, 6) is 0.177. The molecular weight excluding hydrogens is 341 g/mol. The number of halogens is 2. The third-order valence-corrected chi connectivity index (χ3v) is 4.16. The van der Waals surface area contributed by atoms with Crippen LogP contribution in [0.3, 0.4) is 0 Å². The van der Waals surface area contributed by atoms with Crippen molar-refractivity contribution in [3.05, 3.63) is 52.5 Å². The van der Waals surface area contributed by atoms with Gasteiger partial charge in [0.1, 0.15) is 5.75 Å². The van der Waals surface area contributed by atoms with Gasteiger partial charge < -0.3 is 10.1 Å². The highest BCUT2D eigenvalue weighted by molar-refractivity contribution is 7.98. The predicted molar refractivity (Wildman–Crippen MR) is 93.4 cm³/mol. The van der Waals surface area contributed by atoms with E-state index in [-0.39, 0.29) is 5.91 Å². The molecule has 1 atom stereocenters. The number of hydrogen-bond acceptors (Lipinski definition) is 3. The fourth-order valence-corrected chi connectivity index (χ4v) is 2.67. The molecule has 0 aromatic heterocycles. The zero-order valence-electron chi connectivity index (χ0n) is 12.1. The summed E-state index contributed by atoms with van der Waals surface area (Å²) in [6.07, 6.45) is 1.30. The number of thioether (sulfide) groups is 1. The summed E-state index contributed by atoms with van der Waals surface area (Å²) in [7, 11) is 0. The molecule has 0 spiro atoms. The first kappa shape index (κ1) is 17.0. The monoisotopic (exact) mass is 355 g/mol. The van der Waals surface area contributed by atoms with Crippen molar-refractivity contribution in [1.29, 1.82) is 0 Å². The molecule has 0 fully saturated rings. The van der Waals surface area contributed by atoms with Crippen LogP contribution >= 0.6 is 35.0 Å². The molecule has 1 unspecified atom stereocenters. The minimum Gasteiger partial charge on any atom is -0.479 e. The van der Waals surface area contributed by atoms with E-state index in [4.69, 9.17) is 27.9 Å². The van der Waals surface area contributed by atoms with E-state index in [2.05, 4.69) is 5.32 Å². The van der Waals surface area contributed by atoms with Crippen LogP contribution in [0.4, 0.5) is 5.69 Å². The van der Waals surface area contributed by atoms with Gasteiger partial charge in [-0.15, -0.1) is 11.8 Å². The maximum absolute atomic E-state index is 12.2. The summed E-state index contributed by atoms with van der Waals surface area (Å²) in [4.78, 5) is 13.3. The number of nitrogens with one attached hydrogen (secondary N) is 1. The van der Waals surface area contributed by atoms with E-state index in [1.54, 1.807) is 36.9 Å². The first-order valence-corrected chi connectivity index (χ1v) is 8.54. The van der Waals surface area contributed by atoms with Crippen LogP contribution in [-0.2, 0) is 4.79 Å². The number of ether oxygens (including phenoxy) is 1.